The fourth-order valence-electron chi connectivity index (χ4n) is 0.485. The zero-order valence-corrected chi connectivity index (χ0v) is 5.44. The normalized spacial score (nSPS) is 10.1. The average Bonchev–Trinajstić information content (AvgIpc) is 2.15. The van der Waals surface area contributed by atoms with Crippen molar-refractivity contribution in [1.29, 1.82) is 0 Å². The molecule has 0 saturated heterocycles. The number of rotatable bonds is 2. The van der Waals surface area contributed by atoms with E-state index in [0.717, 1.165) is 0 Å². The van der Waals surface area contributed by atoms with Crippen LogP contribution < -0.4 is 5.43 Å². The van der Waals surface area contributed by atoms with Gasteiger partial charge in [-0.2, -0.15) is 0 Å². The van der Waals surface area contributed by atoms with Crippen LogP contribution in [0.5, 0.6) is 0 Å². The molecule has 0 fully saturated rings. The van der Waals surface area contributed by atoms with E-state index in [1.54, 1.807) is 0 Å². The van der Waals surface area contributed by atoms with Crippen molar-refractivity contribution in [3.63, 3.8) is 0 Å². The molecule has 0 aliphatic heterocycles. The summed E-state index contributed by atoms with van der Waals surface area (Å²) < 4.78 is 0. The van der Waals surface area contributed by atoms with Crippen molar-refractivity contribution < 1.29 is 0 Å². The van der Waals surface area contributed by atoms with Crippen LogP contribution in [0.25, 0.3) is 0 Å². The standard InChI is InChI=1S/C4H9N5/c1-4(2)6-9-3-5-7-8-9/h3-4,6H,1-2H3. The van der Waals surface area contributed by atoms with Crippen LogP contribution in [0.3, 0.4) is 0 Å². The number of hydrogen-bond donors (Lipinski definition) is 1. The Hall–Kier alpha value is -1.13. The van der Waals surface area contributed by atoms with E-state index in [-0.39, 0.29) is 0 Å². The molecule has 0 amide bonds. The van der Waals surface area contributed by atoms with Gasteiger partial charge in [-0.05, 0) is 24.3 Å². The highest BCUT2D eigenvalue weighted by atomic mass is 15.7. The second kappa shape index (κ2) is 2.43. The predicted molar refractivity (Wildman–Crippen MR) is 32.3 cm³/mol. The van der Waals surface area contributed by atoms with Gasteiger partial charge in [-0.1, -0.05) is 0 Å². The lowest BCUT2D eigenvalue weighted by molar-refractivity contribution is 0.640. The van der Waals surface area contributed by atoms with Crippen LogP contribution in [0.4, 0.5) is 0 Å². The van der Waals surface area contributed by atoms with Crippen molar-refractivity contribution in [3.8, 4) is 0 Å². The molecule has 1 heterocycles. The summed E-state index contributed by atoms with van der Waals surface area (Å²) >= 11 is 0. The molecule has 0 saturated carbocycles. The molecule has 0 aliphatic rings. The Bertz CT molecular complexity index is 155. The topological polar surface area (TPSA) is 55.6 Å². The number of tetrazole rings is 1. The molecule has 0 atom stereocenters. The van der Waals surface area contributed by atoms with Gasteiger partial charge >= 0.3 is 0 Å². The third-order valence-electron chi connectivity index (χ3n) is 0.739. The van der Waals surface area contributed by atoms with E-state index in [9.17, 15) is 0 Å². The largest absolute Gasteiger partial charge is 0.305 e. The molecule has 0 spiro atoms. The molecule has 0 radical (unpaired) electrons. The molecule has 0 bridgehead atoms. The first kappa shape index (κ1) is 6.00. The van der Waals surface area contributed by atoms with E-state index in [1.165, 1.54) is 11.1 Å². The summed E-state index contributed by atoms with van der Waals surface area (Å²) in [6, 6.07) is 0.355. The lowest BCUT2D eigenvalue weighted by Gasteiger charge is -2.05. The molecule has 1 aromatic rings. The van der Waals surface area contributed by atoms with Gasteiger partial charge in [-0.15, -0.1) is 9.89 Å². The smallest absolute Gasteiger partial charge is 0.161 e. The zero-order valence-electron chi connectivity index (χ0n) is 5.44. The average molecular weight is 127 g/mol. The first-order valence-corrected chi connectivity index (χ1v) is 2.78. The van der Waals surface area contributed by atoms with Crippen LogP contribution in [-0.2, 0) is 0 Å². The van der Waals surface area contributed by atoms with Gasteiger partial charge in [-0.25, -0.2) is 0 Å². The summed E-state index contributed by atoms with van der Waals surface area (Å²) in [4.78, 5) is 1.48. The first-order chi connectivity index (χ1) is 4.29. The molecule has 5 heteroatoms. The van der Waals surface area contributed by atoms with Gasteiger partial charge in [0.1, 0.15) is 0 Å². The summed E-state index contributed by atoms with van der Waals surface area (Å²) in [5, 5.41) is 10.5. The van der Waals surface area contributed by atoms with Gasteiger partial charge in [-0.3, -0.25) is 0 Å². The molecule has 5 nitrogen and oxygen atoms in total. The fourth-order valence-corrected chi connectivity index (χ4v) is 0.485. The minimum absolute atomic E-state index is 0.355. The highest BCUT2D eigenvalue weighted by Gasteiger charge is 1.91. The van der Waals surface area contributed by atoms with Gasteiger partial charge in [0.15, 0.2) is 6.33 Å². The third kappa shape index (κ3) is 1.67. The summed E-state index contributed by atoms with van der Waals surface area (Å²) in [6.45, 7) is 4.03. The second-order valence-corrected chi connectivity index (χ2v) is 2.04. The Morgan fingerprint density at radius 3 is 2.78 bits per heavy atom. The highest BCUT2D eigenvalue weighted by molar-refractivity contribution is 4.68. The van der Waals surface area contributed by atoms with Gasteiger partial charge in [0.2, 0.25) is 0 Å². The maximum atomic E-state index is 3.60. The molecule has 0 aromatic carbocycles. The minimum Gasteiger partial charge on any atom is -0.305 e. The summed E-state index contributed by atoms with van der Waals surface area (Å²) in [7, 11) is 0. The lowest BCUT2D eigenvalue weighted by atomic mass is 10.4. The Labute approximate surface area is 53.0 Å². The van der Waals surface area contributed by atoms with Crippen molar-refractivity contribution in [2.45, 2.75) is 19.9 Å². The number of nitrogens with one attached hydrogen (secondary N) is 1. The summed E-state index contributed by atoms with van der Waals surface area (Å²) in [5.41, 5.74) is 2.97. The minimum atomic E-state index is 0.355. The van der Waals surface area contributed by atoms with Crippen LogP contribution >= 0.6 is 0 Å². The Morgan fingerprint density at radius 2 is 2.33 bits per heavy atom. The molecular formula is C4H9N5. The van der Waals surface area contributed by atoms with Gasteiger partial charge < -0.3 is 5.43 Å². The SMILES string of the molecule is CC(C)Nn1cnnn1. The van der Waals surface area contributed by atoms with E-state index in [0.29, 0.717) is 6.04 Å². The van der Waals surface area contributed by atoms with Crippen molar-refractivity contribution in [3.05, 3.63) is 6.33 Å². The molecule has 1 N–H and O–H groups in total. The molecule has 50 valence electrons. The van der Waals surface area contributed by atoms with E-state index in [1.807, 2.05) is 13.8 Å². The van der Waals surface area contributed by atoms with E-state index < -0.39 is 0 Å². The first-order valence-electron chi connectivity index (χ1n) is 2.78. The maximum Gasteiger partial charge on any atom is 0.161 e. The van der Waals surface area contributed by atoms with Crippen LogP contribution in [0.1, 0.15) is 13.8 Å². The molecule has 1 aromatic heterocycles. The van der Waals surface area contributed by atoms with Gasteiger partial charge in [0, 0.05) is 6.04 Å². The molecule has 0 aliphatic carbocycles. The van der Waals surface area contributed by atoms with Crippen LogP contribution in [0.15, 0.2) is 6.33 Å². The quantitative estimate of drug-likeness (QED) is 0.588. The van der Waals surface area contributed by atoms with Crippen LogP contribution in [0.2, 0.25) is 0 Å². The summed E-state index contributed by atoms with van der Waals surface area (Å²) in [6.07, 6.45) is 1.51. The molecule has 0 unspecified atom stereocenters. The van der Waals surface area contributed by atoms with Gasteiger partial charge in [0.25, 0.3) is 0 Å². The zero-order chi connectivity index (χ0) is 6.69. The van der Waals surface area contributed by atoms with Crippen LogP contribution in [0, 0.1) is 0 Å². The Kier molecular flexibility index (Phi) is 1.62. The Balaban J connectivity index is 2.48. The second-order valence-electron chi connectivity index (χ2n) is 2.04. The Morgan fingerprint density at radius 1 is 1.56 bits per heavy atom. The predicted octanol–water partition coefficient (Wildman–Crippen LogP) is -0.375. The highest BCUT2D eigenvalue weighted by Crippen LogP contribution is 1.77. The monoisotopic (exact) mass is 127 g/mol. The number of aromatic nitrogens is 4. The van der Waals surface area contributed by atoms with Crippen molar-refractivity contribution >= 4 is 0 Å². The van der Waals surface area contributed by atoms with Crippen molar-refractivity contribution in [2.24, 2.45) is 0 Å². The number of nitrogens with zero attached hydrogens (tertiary/aromatic N) is 4. The van der Waals surface area contributed by atoms with Crippen LogP contribution in [-0.4, -0.2) is 26.4 Å². The van der Waals surface area contributed by atoms with E-state index in [4.69, 9.17) is 0 Å². The third-order valence-corrected chi connectivity index (χ3v) is 0.739. The number of hydrogen-bond acceptors (Lipinski definition) is 4. The molecule has 9 heavy (non-hydrogen) atoms. The van der Waals surface area contributed by atoms with Crippen molar-refractivity contribution in [1.82, 2.24) is 20.3 Å². The van der Waals surface area contributed by atoms with E-state index >= 15 is 0 Å². The fraction of sp³-hybridized carbons (Fsp3) is 0.750. The molecule has 1 rings (SSSR count). The summed E-state index contributed by atoms with van der Waals surface area (Å²) in [5.74, 6) is 0. The molecular weight excluding hydrogens is 118 g/mol. The lowest BCUT2D eigenvalue weighted by Crippen LogP contribution is -2.22. The van der Waals surface area contributed by atoms with E-state index in [2.05, 4.69) is 21.0 Å². The van der Waals surface area contributed by atoms with Gasteiger partial charge in [0.05, 0.1) is 0 Å². The van der Waals surface area contributed by atoms with Crippen molar-refractivity contribution in [2.75, 3.05) is 5.43 Å². The maximum absolute atomic E-state index is 3.60.